The summed E-state index contributed by atoms with van der Waals surface area (Å²) < 4.78 is 12.9. The third-order valence-electron chi connectivity index (χ3n) is 3.56. The van der Waals surface area contributed by atoms with E-state index in [0.29, 0.717) is 19.3 Å². The molecule has 1 amide bonds. The van der Waals surface area contributed by atoms with Crippen molar-refractivity contribution in [3.63, 3.8) is 0 Å². The Kier molecular flexibility index (Phi) is 5.44. The van der Waals surface area contributed by atoms with Crippen LogP contribution in [0.1, 0.15) is 44.6 Å². The molecule has 1 aromatic carbocycles. The molecular formula is C16H21FN2O2. The van der Waals surface area contributed by atoms with Crippen molar-refractivity contribution in [1.82, 2.24) is 5.01 Å². The molecule has 0 fully saturated rings. The van der Waals surface area contributed by atoms with Crippen LogP contribution in [0.25, 0.3) is 0 Å². The lowest BCUT2D eigenvalue weighted by molar-refractivity contribution is -0.133. The van der Waals surface area contributed by atoms with Gasteiger partial charge in [0.05, 0.1) is 18.4 Å². The Hall–Kier alpha value is -1.75. The van der Waals surface area contributed by atoms with E-state index >= 15 is 0 Å². The summed E-state index contributed by atoms with van der Waals surface area (Å²) >= 11 is 0. The first-order chi connectivity index (χ1) is 10.1. The summed E-state index contributed by atoms with van der Waals surface area (Å²) in [5, 5.41) is 15.6. The number of unbranched alkanes of at least 4 members (excludes halogenated alkanes) is 1. The number of amides is 1. The molecule has 0 spiro atoms. The van der Waals surface area contributed by atoms with E-state index in [1.165, 1.54) is 17.1 Å². The molecule has 1 aromatic rings. The summed E-state index contributed by atoms with van der Waals surface area (Å²) in [6.07, 6.45) is 2.97. The van der Waals surface area contributed by atoms with E-state index in [4.69, 9.17) is 0 Å². The minimum Gasteiger partial charge on any atom is -0.391 e. The molecule has 0 bridgehead atoms. The van der Waals surface area contributed by atoms with Crippen molar-refractivity contribution in [3.05, 3.63) is 35.6 Å². The molecule has 0 aromatic heterocycles. The van der Waals surface area contributed by atoms with E-state index in [1.807, 2.05) is 0 Å². The molecule has 1 unspecified atom stereocenters. The van der Waals surface area contributed by atoms with Gasteiger partial charge in [0, 0.05) is 12.8 Å². The van der Waals surface area contributed by atoms with Crippen LogP contribution in [0.15, 0.2) is 29.4 Å². The Bertz CT molecular complexity index is 514. The van der Waals surface area contributed by atoms with Crippen molar-refractivity contribution in [1.29, 1.82) is 0 Å². The fourth-order valence-electron chi connectivity index (χ4n) is 2.32. The van der Waals surface area contributed by atoms with Crippen LogP contribution < -0.4 is 0 Å². The number of hydrogen-bond donors (Lipinski definition) is 1. The van der Waals surface area contributed by atoms with E-state index in [9.17, 15) is 14.3 Å². The maximum Gasteiger partial charge on any atom is 0.243 e. The van der Waals surface area contributed by atoms with Crippen molar-refractivity contribution in [2.45, 2.75) is 45.1 Å². The Morgan fingerprint density at radius 1 is 1.33 bits per heavy atom. The number of rotatable bonds is 6. The van der Waals surface area contributed by atoms with Crippen molar-refractivity contribution < 1.29 is 14.3 Å². The zero-order valence-corrected chi connectivity index (χ0v) is 12.3. The third kappa shape index (κ3) is 4.36. The normalized spacial score (nSPS) is 16.8. The third-order valence-corrected chi connectivity index (χ3v) is 3.56. The number of halogens is 1. The lowest BCUT2D eigenvalue weighted by Crippen LogP contribution is -2.37. The predicted molar refractivity (Wildman–Crippen MR) is 79.4 cm³/mol. The van der Waals surface area contributed by atoms with Crippen LogP contribution >= 0.6 is 0 Å². The number of hydrogen-bond acceptors (Lipinski definition) is 3. The molecule has 0 radical (unpaired) electrons. The van der Waals surface area contributed by atoms with Gasteiger partial charge >= 0.3 is 0 Å². The monoisotopic (exact) mass is 292 g/mol. The minimum atomic E-state index is -0.551. The lowest BCUT2D eigenvalue weighted by Gasteiger charge is -2.25. The van der Waals surface area contributed by atoms with E-state index in [0.717, 1.165) is 24.1 Å². The number of carbonyl (C=O) groups is 1. The zero-order chi connectivity index (χ0) is 15.2. The quantitative estimate of drug-likeness (QED) is 0.876. The molecule has 5 heteroatoms. The van der Waals surface area contributed by atoms with Crippen LogP contribution in [0.2, 0.25) is 0 Å². The molecule has 1 atom stereocenters. The number of carbonyl (C=O) groups excluding carboxylic acids is 1. The first kappa shape index (κ1) is 15.6. The molecule has 1 N–H and O–H groups in total. The number of nitrogens with zero attached hydrogens (tertiary/aromatic N) is 2. The van der Waals surface area contributed by atoms with Crippen molar-refractivity contribution >= 4 is 11.6 Å². The van der Waals surface area contributed by atoms with Gasteiger partial charge < -0.3 is 5.11 Å². The van der Waals surface area contributed by atoms with Crippen molar-refractivity contribution in [2.24, 2.45) is 5.10 Å². The van der Waals surface area contributed by atoms with Crippen molar-refractivity contribution in [3.8, 4) is 0 Å². The van der Waals surface area contributed by atoms with Gasteiger partial charge in [-0.1, -0.05) is 31.9 Å². The number of aliphatic hydroxyl groups excluding tert-OH is 1. The second kappa shape index (κ2) is 7.31. The van der Waals surface area contributed by atoms with E-state index in [1.54, 1.807) is 12.1 Å². The van der Waals surface area contributed by atoms with Gasteiger partial charge in [-0.15, -0.1) is 0 Å². The van der Waals surface area contributed by atoms with Crippen LogP contribution in [0.5, 0.6) is 0 Å². The van der Waals surface area contributed by atoms with Gasteiger partial charge in [-0.3, -0.25) is 4.79 Å². The van der Waals surface area contributed by atoms with Gasteiger partial charge in [0.15, 0.2) is 0 Å². The summed E-state index contributed by atoms with van der Waals surface area (Å²) in [5.41, 5.74) is 1.58. The molecule has 114 valence electrons. The Balaban J connectivity index is 2.07. The maximum atomic E-state index is 12.9. The van der Waals surface area contributed by atoms with Crippen LogP contribution in [0, 0.1) is 5.82 Å². The second-order valence-corrected chi connectivity index (χ2v) is 5.33. The average Bonchev–Trinajstić information content (AvgIpc) is 2.48. The molecule has 0 aliphatic carbocycles. The topological polar surface area (TPSA) is 52.9 Å². The van der Waals surface area contributed by atoms with Gasteiger partial charge in [-0.25, -0.2) is 9.40 Å². The van der Waals surface area contributed by atoms with Gasteiger partial charge in [0.1, 0.15) is 5.82 Å². The van der Waals surface area contributed by atoms with Crippen LogP contribution in [0.4, 0.5) is 4.39 Å². The molecular weight excluding hydrogens is 271 g/mol. The summed E-state index contributed by atoms with van der Waals surface area (Å²) in [4.78, 5) is 11.9. The van der Waals surface area contributed by atoms with Gasteiger partial charge in [-0.2, -0.15) is 5.10 Å². The van der Waals surface area contributed by atoms with E-state index in [-0.39, 0.29) is 18.3 Å². The first-order valence-electron chi connectivity index (χ1n) is 7.42. The highest BCUT2D eigenvalue weighted by molar-refractivity contribution is 6.04. The standard InChI is InChI=1S/C16H21FN2O2/c1-2-3-4-14(20)11-19-16(21)10-9-15(18-19)12-5-7-13(17)8-6-12/h5-8,14,20H,2-4,9-11H2,1H3. The fourth-order valence-corrected chi connectivity index (χ4v) is 2.32. The molecule has 1 heterocycles. The zero-order valence-electron chi connectivity index (χ0n) is 12.3. The number of β-amino-alcohol motifs (C(OH)–C–C–N with tert-alkyl or cyclic N) is 1. The number of aliphatic hydroxyl groups is 1. The van der Waals surface area contributed by atoms with Gasteiger partial charge in [0.2, 0.25) is 5.91 Å². The smallest absolute Gasteiger partial charge is 0.243 e. The first-order valence-corrected chi connectivity index (χ1v) is 7.42. The summed E-state index contributed by atoms with van der Waals surface area (Å²) in [6.45, 7) is 2.28. The number of benzene rings is 1. The molecule has 0 saturated heterocycles. The van der Waals surface area contributed by atoms with E-state index < -0.39 is 6.10 Å². The SMILES string of the molecule is CCCCC(O)CN1N=C(c2ccc(F)cc2)CCC1=O. The number of hydrazone groups is 1. The lowest BCUT2D eigenvalue weighted by atomic mass is 10.0. The molecule has 4 nitrogen and oxygen atoms in total. The highest BCUT2D eigenvalue weighted by Gasteiger charge is 2.23. The predicted octanol–water partition coefficient (Wildman–Crippen LogP) is 2.70. The maximum absolute atomic E-state index is 12.9. The van der Waals surface area contributed by atoms with Crippen LogP contribution in [0.3, 0.4) is 0 Å². The molecule has 1 aliphatic heterocycles. The Morgan fingerprint density at radius 2 is 2.05 bits per heavy atom. The fraction of sp³-hybridized carbons (Fsp3) is 0.500. The second-order valence-electron chi connectivity index (χ2n) is 5.33. The van der Waals surface area contributed by atoms with Gasteiger partial charge in [0.25, 0.3) is 0 Å². The van der Waals surface area contributed by atoms with Crippen LogP contribution in [-0.2, 0) is 4.79 Å². The Morgan fingerprint density at radius 3 is 2.71 bits per heavy atom. The summed E-state index contributed by atoms with van der Waals surface area (Å²) in [7, 11) is 0. The average molecular weight is 292 g/mol. The van der Waals surface area contributed by atoms with Crippen molar-refractivity contribution in [2.75, 3.05) is 6.54 Å². The summed E-state index contributed by atoms with van der Waals surface area (Å²) in [6, 6.07) is 6.09. The highest BCUT2D eigenvalue weighted by atomic mass is 19.1. The molecule has 21 heavy (non-hydrogen) atoms. The summed E-state index contributed by atoms with van der Waals surface area (Å²) in [5.74, 6) is -0.366. The highest BCUT2D eigenvalue weighted by Crippen LogP contribution is 2.16. The minimum absolute atomic E-state index is 0.0728. The van der Waals surface area contributed by atoms with Gasteiger partial charge in [-0.05, 0) is 24.1 Å². The van der Waals surface area contributed by atoms with Crippen LogP contribution in [-0.4, -0.2) is 34.4 Å². The Labute approximate surface area is 124 Å². The molecule has 2 rings (SSSR count). The molecule has 0 saturated carbocycles. The molecule has 1 aliphatic rings. The largest absolute Gasteiger partial charge is 0.391 e. The van der Waals surface area contributed by atoms with E-state index in [2.05, 4.69) is 12.0 Å².